The Morgan fingerprint density at radius 1 is 1.20 bits per heavy atom. The molecular formula is C16H19BrN2O. The number of nitrogens with two attached hydrogens (primary N) is 1. The van der Waals surface area contributed by atoms with Crippen LogP contribution in [0.25, 0.3) is 0 Å². The number of hydrogen-bond donors (Lipinski definition) is 1. The lowest BCUT2D eigenvalue weighted by Gasteiger charge is -2.30. The van der Waals surface area contributed by atoms with Crippen LogP contribution in [0, 0.1) is 0 Å². The number of anilines is 1. The first-order valence-corrected chi connectivity index (χ1v) is 7.28. The third-order valence-corrected chi connectivity index (χ3v) is 4.14. The molecule has 2 N–H and O–H groups in total. The maximum atomic E-state index is 6.00. The Morgan fingerprint density at radius 3 is 2.50 bits per heavy atom. The highest BCUT2D eigenvalue weighted by atomic mass is 79.9. The third kappa shape index (κ3) is 3.14. The summed E-state index contributed by atoms with van der Waals surface area (Å²) in [5.41, 5.74) is 8.26. The average molecular weight is 335 g/mol. The third-order valence-electron chi connectivity index (χ3n) is 3.42. The Morgan fingerprint density at radius 2 is 1.90 bits per heavy atom. The first kappa shape index (κ1) is 14.9. The molecule has 2 aromatic carbocycles. The molecule has 2 aromatic rings. The summed E-state index contributed by atoms with van der Waals surface area (Å²) in [5, 5.41) is 0. The second kappa shape index (κ2) is 6.77. The van der Waals surface area contributed by atoms with Gasteiger partial charge in [0.2, 0.25) is 0 Å². The number of ether oxygens (including phenoxy) is 1. The van der Waals surface area contributed by atoms with Gasteiger partial charge in [-0.05, 0) is 35.9 Å². The van der Waals surface area contributed by atoms with Gasteiger partial charge in [-0.1, -0.05) is 34.1 Å². The van der Waals surface area contributed by atoms with Crippen molar-refractivity contribution in [1.29, 1.82) is 0 Å². The van der Waals surface area contributed by atoms with E-state index in [2.05, 4.69) is 40.0 Å². The normalized spacial score (nSPS) is 12.0. The van der Waals surface area contributed by atoms with Crippen LogP contribution < -0.4 is 15.4 Å². The molecule has 0 aliphatic heterocycles. The maximum Gasteiger partial charge on any atom is 0.119 e. The van der Waals surface area contributed by atoms with E-state index in [1.54, 1.807) is 7.11 Å². The average Bonchev–Trinajstić information content (AvgIpc) is 2.50. The van der Waals surface area contributed by atoms with E-state index >= 15 is 0 Å². The monoisotopic (exact) mass is 334 g/mol. The molecule has 0 bridgehead atoms. The number of halogens is 1. The molecule has 0 aromatic heterocycles. The summed E-state index contributed by atoms with van der Waals surface area (Å²) >= 11 is 3.60. The van der Waals surface area contributed by atoms with Crippen molar-refractivity contribution in [3.63, 3.8) is 0 Å². The molecule has 4 heteroatoms. The van der Waals surface area contributed by atoms with Gasteiger partial charge in [-0.25, -0.2) is 0 Å². The topological polar surface area (TPSA) is 38.5 Å². The largest absolute Gasteiger partial charge is 0.497 e. The Balaban J connectivity index is 2.37. The minimum Gasteiger partial charge on any atom is -0.497 e. The molecule has 0 spiro atoms. The van der Waals surface area contributed by atoms with Crippen LogP contribution in [-0.4, -0.2) is 20.7 Å². The van der Waals surface area contributed by atoms with E-state index in [0.29, 0.717) is 6.54 Å². The summed E-state index contributed by atoms with van der Waals surface area (Å²) in [6.07, 6.45) is 0. The summed E-state index contributed by atoms with van der Waals surface area (Å²) < 4.78 is 6.35. The fourth-order valence-electron chi connectivity index (χ4n) is 2.24. The number of para-hydroxylation sites is 1. The zero-order valence-electron chi connectivity index (χ0n) is 11.7. The highest BCUT2D eigenvalue weighted by molar-refractivity contribution is 9.10. The van der Waals surface area contributed by atoms with Crippen molar-refractivity contribution in [2.75, 3.05) is 25.6 Å². The van der Waals surface area contributed by atoms with Crippen molar-refractivity contribution in [2.45, 2.75) is 6.04 Å². The van der Waals surface area contributed by atoms with Gasteiger partial charge in [0.25, 0.3) is 0 Å². The first-order chi connectivity index (χ1) is 9.67. The van der Waals surface area contributed by atoms with Crippen LogP contribution in [0.15, 0.2) is 53.0 Å². The Bertz CT molecular complexity index is 560. The van der Waals surface area contributed by atoms with Gasteiger partial charge in [0.15, 0.2) is 0 Å². The molecule has 106 valence electrons. The summed E-state index contributed by atoms with van der Waals surface area (Å²) in [7, 11) is 3.73. The Kier molecular flexibility index (Phi) is 5.04. The second-order valence-electron chi connectivity index (χ2n) is 4.59. The van der Waals surface area contributed by atoms with E-state index < -0.39 is 0 Å². The van der Waals surface area contributed by atoms with E-state index in [1.807, 2.05) is 36.4 Å². The molecule has 3 nitrogen and oxygen atoms in total. The van der Waals surface area contributed by atoms with Gasteiger partial charge in [0.1, 0.15) is 5.75 Å². The standard InChI is InChI=1S/C16H19BrN2O/c1-19(12-6-4-3-5-7-12)16(11-18)14-10-13(20-2)8-9-15(14)17/h3-10,16H,11,18H2,1-2H3. The van der Waals surface area contributed by atoms with Crippen LogP contribution in [0.4, 0.5) is 5.69 Å². The summed E-state index contributed by atoms with van der Waals surface area (Å²) in [6.45, 7) is 0.525. The lowest BCUT2D eigenvalue weighted by molar-refractivity contribution is 0.413. The quantitative estimate of drug-likeness (QED) is 0.907. The highest BCUT2D eigenvalue weighted by Crippen LogP contribution is 2.32. The fourth-order valence-corrected chi connectivity index (χ4v) is 2.75. The van der Waals surface area contributed by atoms with E-state index in [9.17, 15) is 0 Å². The van der Waals surface area contributed by atoms with Crippen LogP contribution in [0.3, 0.4) is 0 Å². The van der Waals surface area contributed by atoms with Gasteiger partial charge in [-0.3, -0.25) is 0 Å². The molecule has 0 saturated carbocycles. The molecular weight excluding hydrogens is 316 g/mol. The zero-order valence-corrected chi connectivity index (χ0v) is 13.3. The van der Waals surface area contributed by atoms with E-state index in [-0.39, 0.29) is 6.04 Å². The van der Waals surface area contributed by atoms with E-state index in [0.717, 1.165) is 21.5 Å². The number of benzene rings is 2. The van der Waals surface area contributed by atoms with Gasteiger partial charge in [0.05, 0.1) is 13.2 Å². The van der Waals surface area contributed by atoms with Crippen LogP contribution in [0.2, 0.25) is 0 Å². The number of rotatable bonds is 5. The van der Waals surface area contributed by atoms with Crippen molar-refractivity contribution in [2.24, 2.45) is 5.73 Å². The van der Waals surface area contributed by atoms with Gasteiger partial charge in [-0.2, -0.15) is 0 Å². The molecule has 2 rings (SSSR count). The van der Waals surface area contributed by atoms with Crippen molar-refractivity contribution >= 4 is 21.6 Å². The zero-order chi connectivity index (χ0) is 14.5. The second-order valence-corrected chi connectivity index (χ2v) is 5.44. The fraction of sp³-hybridized carbons (Fsp3) is 0.250. The lowest BCUT2D eigenvalue weighted by Crippen LogP contribution is -2.30. The Labute approximate surface area is 128 Å². The van der Waals surface area contributed by atoms with Crippen molar-refractivity contribution in [3.8, 4) is 5.75 Å². The van der Waals surface area contributed by atoms with Crippen molar-refractivity contribution in [3.05, 3.63) is 58.6 Å². The van der Waals surface area contributed by atoms with Crippen LogP contribution in [-0.2, 0) is 0 Å². The number of hydrogen-bond acceptors (Lipinski definition) is 3. The van der Waals surface area contributed by atoms with E-state index in [4.69, 9.17) is 10.5 Å². The van der Waals surface area contributed by atoms with Gasteiger partial charge in [0, 0.05) is 23.8 Å². The first-order valence-electron chi connectivity index (χ1n) is 6.48. The minimum atomic E-state index is 0.0851. The minimum absolute atomic E-state index is 0.0851. The summed E-state index contributed by atoms with van der Waals surface area (Å²) in [6, 6.07) is 16.3. The van der Waals surface area contributed by atoms with Crippen molar-refractivity contribution < 1.29 is 4.74 Å². The van der Waals surface area contributed by atoms with Crippen molar-refractivity contribution in [1.82, 2.24) is 0 Å². The molecule has 0 amide bonds. The van der Waals surface area contributed by atoms with Gasteiger partial charge in [-0.15, -0.1) is 0 Å². The van der Waals surface area contributed by atoms with E-state index in [1.165, 1.54) is 0 Å². The molecule has 0 aliphatic rings. The molecule has 1 atom stereocenters. The number of methoxy groups -OCH3 is 1. The molecule has 0 fully saturated rings. The SMILES string of the molecule is COc1ccc(Br)c(C(CN)N(C)c2ccccc2)c1. The van der Waals surface area contributed by atoms with Crippen LogP contribution in [0.1, 0.15) is 11.6 Å². The lowest BCUT2D eigenvalue weighted by atomic mass is 10.0. The van der Waals surface area contributed by atoms with Gasteiger partial charge < -0.3 is 15.4 Å². The summed E-state index contributed by atoms with van der Waals surface area (Å²) in [5.74, 6) is 0.836. The highest BCUT2D eigenvalue weighted by Gasteiger charge is 2.19. The molecule has 0 aliphatic carbocycles. The predicted molar refractivity (Wildman–Crippen MR) is 87.3 cm³/mol. The molecule has 1 unspecified atom stereocenters. The predicted octanol–water partition coefficient (Wildman–Crippen LogP) is 3.59. The Hall–Kier alpha value is -1.52. The molecule has 0 heterocycles. The summed E-state index contributed by atoms with van der Waals surface area (Å²) in [4.78, 5) is 2.18. The van der Waals surface area contributed by atoms with Crippen LogP contribution in [0.5, 0.6) is 5.75 Å². The maximum absolute atomic E-state index is 6.00. The number of likely N-dealkylation sites (N-methyl/N-ethyl adjacent to an activating group) is 1. The van der Waals surface area contributed by atoms with Crippen LogP contribution >= 0.6 is 15.9 Å². The molecule has 20 heavy (non-hydrogen) atoms. The molecule has 0 radical (unpaired) electrons. The number of nitrogens with zero attached hydrogens (tertiary/aromatic N) is 1. The molecule has 0 saturated heterocycles. The smallest absolute Gasteiger partial charge is 0.119 e. The van der Waals surface area contributed by atoms with Gasteiger partial charge >= 0.3 is 0 Å².